The molecule has 4 rings (SSSR count). The molecule has 1 aliphatic carbocycles. The highest BCUT2D eigenvalue weighted by Gasteiger charge is 2.27. The first-order valence-corrected chi connectivity index (χ1v) is 6.54. The van der Waals surface area contributed by atoms with Crippen molar-refractivity contribution in [1.82, 2.24) is 0 Å². The number of hydrogen-bond donors (Lipinski definition) is 0. The molecule has 102 valence electrons. The predicted octanol–water partition coefficient (Wildman–Crippen LogP) is 2.88. The fourth-order valence-corrected chi connectivity index (χ4v) is 2.59. The standard InChI is InChI=1S/C17H10O4/c18-14-8-13(17(19)12-4-2-1-3-11(12)14)10-5-6-15-16(7-10)21-9-20-15/h1-8H,9H2. The maximum absolute atomic E-state index is 12.6. The van der Waals surface area contributed by atoms with Gasteiger partial charge in [0.1, 0.15) is 0 Å². The zero-order valence-corrected chi connectivity index (χ0v) is 11.0. The molecule has 21 heavy (non-hydrogen) atoms. The summed E-state index contributed by atoms with van der Waals surface area (Å²) in [5.74, 6) is 0.934. The Morgan fingerprint density at radius 3 is 2.48 bits per heavy atom. The molecule has 1 aliphatic heterocycles. The van der Waals surface area contributed by atoms with E-state index in [-0.39, 0.29) is 18.4 Å². The molecule has 2 aromatic rings. The average Bonchev–Trinajstić information content (AvgIpc) is 2.98. The number of ketones is 2. The maximum atomic E-state index is 12.6. The molecule has 2 aliphatic rings. The second-order valence-electron chi connectivity index (χ2n) is 4.87. The van der Waals surface area contributed by atoms with Crippen LogP contribution >= 0.6 is 0 Å². The summed E-state index contributed by atoms with van der Waals surface area (Å²) < 4.78 is 10.6. The van der Waals surface area contributed by atoms with Crippen LogP contribution < -0.4 is 9.47 Å². The molecule has 0 bridgehead atoms. The summed E-state index contributed by atoms with van der Waals surface area (Å²) in [7, 11) is 0. The highest BCUT2D eigenvalue weighted by Crippen LogP contribution is 2.36. The molecular formula is C17H10O4. The lowest BCUT2D eigenvalue weighted by molar-refractivity contribution is 0.100. The van der Waals surface area contributed by atoms with Crippen LogP contribution in [0.2, 0.25) is 0 Å². The summed E-state index contributed by atoms with van der Waals surface area (Å²) in [5, 5.41) is 0. The van der Waals surface area contributed by atoms with Gasteiger partial charge in [0.2, 0.25) is 6.79 Å². The largest absolute Gasteiger partial charge is 0.454 e. The Labute approximate surface area is 120 Å². The summed E-state index contributed by atoms with van der Waals surface area (Å²) in [6.45, 7) is 0.174. The number of Topliss-reactive ketones (excluding diaryl/α,β-unsaturated/α-hetero) is 1. The van der Waals surface area contributed by atoms with Crippen molar-refractivity contribution < 1.29 is 19.1 Å². The molecule has 0 unspecified atom stereocenters. The molecule has 0 saturated carbocycles. The summed E-state index contributed by atoms with van der Waals surface area (Å²) in [6.07, 6.45) is 1.39. The number of benzene rings is 2. The molecule has 0 atom stereocenters. The minimum Gasteiger partial charge on any atom is -0.454 e. The topological polar surface area (TPSA) is 52.6 Å². The summed E-state index contributed by atoms with van der Waals surface area (Å²) in [5.41, 5.74) is 1.94. The fourth-order valence-electron chi connectivity index (χ4n) is 2.59. The van der Waals surface area contributed by atoms with Crippen LogP contribution in [0.1, 0.15) is 26.3 Å². The van der Waals surface area contributed by atoms with Crippen LogP contribution in [0.4, 0.5) is 0 Å². The molecule has 4 nitrogen and oxygen atoms in total. The van der Waals surface area contributed by atoms with E-state index in [2.05, 4.69) is 0 Å². The van der Waals surface area contributed by atoms with Gasteiger partial charge in [0, 0.05) is 16.7 Å². The van der Waals surface area contributed by atoms with Crippen LogP contribution in [0, 0.1) is 0 Å². The van der Waals surface area contributed by atoms with Crippen molar-refractivity contribution in [2.75, 3.05) is 6.79 Å². The van der Waals surface area contributed by atoms with Crippen LogP contribution in [0.3, 0.4) is 0 Å². The highest BCUT2D eigenvalue weighted by atomic mass is 16.7. The number of fused-ring (bicyclic) bond motifs is 2. The molecule has 0 amide bonds. The van der Waals surface area contributed by atoms with E-state index in [1.54, 1.807) is 42.5 Å². The summed E-state index contributed by atoms with van der Waals surface area (Å²) in [6, 6.07) is 12.1. The Kier molecular flexibility index (Phi) is 2.44. The molecule has 0 saturated heterocycles. The first-order valence-electron chi connectivity index (χ1n) is 6.54. The third-order valence-electron chi connectivity index (χ3n) is 3.64. The van der Waals surface area contributed by atoms with E-state index in [0.29, 0.717) is 33.8 Å². The first-order chi connectivity index (χ1) is 10.2. The summed E-state index contributed by atoms with van der Waals surface area (Å²) in [4.78, 5) is 24.7. The van der Waals surface area contributed by atoms with Crippen LogP contribution in [0.15, 0.2) is 48.5 Å². The second kappa shape index (κ2) is 4.31. The van der Waals surface area contributed by atoms with Gasteiger partial charge in [-0.2, -0.15) is 0 Å². The van der Waals surface area contributed by atoms with Crippen molar-refractivity contribution in [2.45, 2.75) is 0 Å². The Balaban J connectivity index is 1.83. The Morgan fingerprint density at radius 2 is 1.62 bits per heavy atom. The van der Waals surface area contributed by atoms with Gasteiger partial charge in [0.15, 0.2) is 23.1 Å². The van der Waals surface area contributed by atoms with Gasteiger partial charge in [0.05, 0.1) is 0 Å². The van der Waals surface area contributed by atoms with Crippen molar-refractivity contribution in [3.05, 3.63) is 65.2 Å². The lowest BCUT2D eigenvalue weighted by Crippen LogP contribution is -2.15. The average molecular weight is 278 g/mol. The Hall–Kier alpha value is -2.88. The molecule has 0 radical (unpaired) electrons. The first kappa shape index (κ1) is 11.9. The van der Waals surface area contributed by atoms with E-state index in [0.717, 1.165) is 0 Å². The van der Waals surface area contributed by atoms with Gasteiger partial charge in [-0.05, 0) is 23.8 Å². The van der Waals surface area contributed by atoms with Gasteiger partial charge in [-0.25, -0.2) is 0 Å². The van der Waals surface area contributed by atoms with Gasteiger partial charge in [-0.1, -0.05) is 30.3 Å². The lowest BCUT2D eigenvalue weighted by atomic mass is 9.86. The fraction of sp³-hybridized carbons (Fsp3) is 0.0588. The number of ether oxygens (including phenoxy) is 2. The van der Waals surface area contributed by atoms with Gasteiger partial charge < -0.3 is 9.47 Å². The Bertz CT molecular complexity index is 817. The van der Waals surface area contributed by atoms with E-state index in [4.69, 9.17) is 9.47 Å². The van der Waals surface area contributed by atoms with Crippen molar-refractivity contribution in [1.29, 1.82) is 0 Å². The Morgan fingerprint density at radius 1 is 0.857 bits per heavy atom. The number of rotatable bonds is 1. The van der Waals surface area contributed by atoms with E-state index in [1.807, 2.05) is 0 Å². The third kappa shape index (κ3) is 1.76. The van der Waals surface area contributed by atoms with Gasteiger partial charge >= 0.3 is 0 Å². The van der Waals surface area contributed by atoms with Crippen molar-refractivity contribution >= 4 is 17.1 Å². The predicted molar refractivity (Wildman–Crippen MR) is 75.6 cm³/mol. The third-order valence-corrected chi connectivity index (χ3v) is 3.64. The molecule has 0 aromatic heterocycles. The van der Waals surface area contributed by atoms with E-state index < -0.39 is 0 Å². The summed E-state index contributed by atoms with van der Waals surface area (Å²) >= 11 is 0. The van der Waals surface area contributed by atoms with E-state index >= 15 is 0 Å². The number of carbonyl (C=O) groups excluding carboxylic acids is 2. The zero-order valence-electron chi connectivity index (χ0n) is 11.0. The zero-order chi connectivity index (χ0) is 14.4. The minimum atomic E-state index is -0.155. The number of hydrogen-bond acceptors (Lipinski definition) is 4. The van der Waals surface area contributed by atoms with Gasteiger partial charge in [-0.15, -0.1) is 0 Å². The van der Waals surface area contributed by atoms with Crippen LogP contribution in [0.5, 0.6) is 11.5 Å². The van der Waals surface area contributed by atoms with Gasteiger partial charge in [-0.3, -0.25) is 9.59 Å². The normalized spacial score (nSPS) is 15.7. The SMILES string of the molecule is O=C1C=C(c2ccc3c(c2)OCO3)C(=O)c2ccccc21. The molecule has 1 heterocycles. The number of carbonyl (C=O) groups is 2. The van der Waals surface area contributed by atoms with E-state index in [1.165, 1.54) is 6.08 Å². The molecule has 0 fully saturated rings. The molecular weight excluding hydrogens is 268 g/mol. The van der Waals surface area contributed by atoms with Crippen molar-refractivity contribution in [3.8, 4) is 11.5 Å². The van der Waals surface area contributed by atoms with Gasteiger partial charge in [0.25, 0.3) is 0 Å². The smallest absolute Gasteiger partial charge is 0.231 e. The highest BCUT2D eigenvalue weighted by molar-refractivity contribution is 6.38. The van der Waals surface area contributed by atoms with Crippen LogP contribution in [-0.4, -0.2) is 18.4 Å². The molecule has 4 heteroatoms. The van der Waals surface area contributed by atoms with Crippen LogP contribution in [-0.2, 0) is 0 Å². The van der Waals surface area contributed by atoms with E-state index in [9.17, 15) is 9.59 Å². The molecule has 2 aromatic carbocycles. The minimum absolute atomic E-state index is 0.149. The maximum Gasteiger partial charge on any atom is 0.231 e. The second-order valence-corrected chi connectivity index (χ2v) is 4.87. The number of allylic oxidation sites excluding steroid dienone is 2. The van der Waals surface area contributed by atoms with Crippen molar-refractivity contribution in [2.24, 2.45) is 0 Å². The molecule has 0 spiro atoms. The lowest BCUT2D eigenvalue weighted by Gasteiger charge is -2.15. The van der Waals surface area contributed by atoms with Crippen molar-refractivity contribution in [3.63, 3.8) is 0 Å². The quantitative estimate of drug-likeness (QED) is 0.805. The van der Waals surface area contributed by atoms with Crippen LogP contribution in [0.25, 0.3) is 5.57 Å². The molecule has 0 N–H and O–H groups in total. The monoisotopic (exact) mass is 278 g/mol.